The van der Waals surface area contributed by atoms with E-state index in [2.05, 4.69) is 0 Å². The summed E-state index contributed by atoms with van der Waals surface area (Å²) in [7, 11) is 0. The van der Waals surface area contributed by atoms with Crippen LogP contribution in [0.4, 0.5) is 0 Å². The first kappa shape index (κ1) is 10.2. The van der Waals surface area contributed by atoms with Gasteiger partial charge in [0, 0.05) is 12.8 Å². The molecule has 80 valence electrons. The normalized spacial score (nSPS) is 29.1. The van der Waals surface area contributed by atoms with Crippen molar-refractivity contribution < 1.29 is 9.90 Å². The van der Waals surface area contributed by atoms with Gasteiger partial charge in [0.2, 0.25) is 0 Å². The van der Waals surface area contributed by atoms with Crippen molar-refractivity contribution >= 4 is 5.78 Å². The van der Waals surface area contributed by atoms with Gasteiger partial charge in [-0.05, 0) is 31.6 Å². The van der Waals surface area contributed by atoms with Crippen molar-refractivity contribution in [3.8, 4) is 0 Å². The van der Waals surface area contributed by atoms with Gasteiger partial charge in [0.05, 0.1) is 5.60 Å². The molecule has 0 atom stereocenters. The first-order chi connectivity index (χ1) is 6.71. The standard InChI is InChI=1S/C12H20O2/c13-11-6-8-12(14,9-7-11)10-4-2-1-3-5-10/h10,14H,1-9H2. The third-order valence-corrected chi connectivity index (χ3v) is 4.04. The molecule has 0 aliphatic heterocycles. The number of rotatable bonds is 1. The minimum atomic E-state index is -0.492. The van der Waals surface area contributed by atoms with E-state index in [4.69, 9.17) is 0 Å². The molecule has 14 heavy (non-hydrogen) atoms. The molecule has 2 saturated carbocycles. The molecule has 2 heteroatoms. The SMILES string of the molecule is O=C1CCC(O)(C2CCCCC2)CC1. The summed E-state index contributed by atoms with van der Waals surface area (Å²) >= 11 is 0. The zero-order valence-electron chi connectivity index (χ0n) is 8.80. The van der Waals surface area contributed by atoms with Gasteiger partial charge in [-0.1, -0.05) is 19.3 Å². The van der Waals surface area contributed by atoms with Gasteiger partial charge in [-0.3, -0.25) is 4.79 Å². The lowest BCUT2D eigenvalue weighted by atomic mass is 9.70. The number of aliphatic hydroxyl groups is 1. The Labute approximate surface area is 85.7 Å². The zero-order chi connectivity index (χ0) is 10.0. The van der Waals surface area contributed by atoms with Crippen LogP contribution in [0.25, 0.3) is 0 Å². The minimum Gasteiger partial charge on any atom is -0.390 e. The molecular formula is C12H20O2. The summed E-state index contributed by atoms with van der Waals surface area (Å²) < 4.78 is 0. The predicted molar refractivity (Wildman–Crippen MR) is 55.0 cm³/mol. The highest BCUT2D eigenvalue weighted by Gasteiger charge is 2.39. The van der Waals surface area contributed by atoms with Crippen LogP contribution in [-0.4, -0.2) is 16.5 Å². The third kappa shape index (κ3) is 2.00. The summed E-state index contributed by atoms with van der Waals surface area (Å²) in [4.78, 5) is 11.1. The fourth-order valence-corrected chi connectivity index (χ4v) is 3.01. The Hall–Kier alpha value is -0.370. The molecular weight excluding hydrogens is 176 g/mol. The van der Waals surface area contributed by atoms with Gasteiger partial charge in [-0.15, -0.1) is 0 Å². The molecule has 0 spiro atoms. The van der Waals surface area contributed by atoms with Gasteiger partial charge >= 0.3 is 0 Å². The van der Waals surface area contributed by atoms with E-state index < -0.39 is 5.60 Å². The molecule has 0 amide bonds. The number of hydrogen-bond donors (Lipinski definition) is 1. The Balaban J connectivity index is 1.96. The fraction of sp³-hybridized carbons (Fsp3) is 0.917. The van der Waals surface area contributed by atoms with Crippen LogP contribution < -0.4 is 0 Å². The van der Waals surface area contributed by atoms with Gasteiger partial charge in [0.15, 0.2) is 0 Å². The average Bonchev–Trinajstić information content (AvgIpc) is 2.24. The second kappa shape index (κ2) is 4.01. The summed E-state index contributed by atoms with van der Waals surface area (Å²) in [5, 5.41) is 10.5. The molecule has 0 radical (unpaired) electrons. The lowest BCUT2D eigenvalue weighted by Crippen LogP contribution is -2.42. The molecule has 1 N–H and O–H groups in total. The van der Waals surface area contributed by atoms with E-state index in [0.29, 0.717) is 24.5 Å². The van der Waals surface area contributed by atoms with Crippen LogP contribution in [0.2, 0.25) is 0 Å². The summed E-state index contributed by atoms with van der Waals surface area (Å²) in [6.07, 6.45) is 8.84. The van der Waals surface area contributed by atoms with Crippen LogP contribution in [0.15, 0.2) is 0 Å². The molecule has 0 saturated heterocycles. The molecule has 2 fully saturated rings. The minimum absolute atomic E-state index is 0.338. The highest BCUT2D eigenvalue weighted by Crippen LogP contribution is 2.40. The lowest BCUT2D eigenvalue weighted by molar-refractivity contribution is -0.129. The van der Waals surface area contributed by atoms with E-state index >= 15 is 0 Å². The van der Waals surface area contributed by atoms with Gasteiger partial charge < -0.3 is 5.11 Å². The quantitative estimate of drug-likeness (QED) is 0.699. The lowest BCUT2D eigenvalue weighted by Gasteiger charge is -2.40. The Morgan fingerprint density at radius 2 is 1.64 bits per heavy atom. The van der Waals surface area contributed by atoms with E-state index in [1.165, 1.54) is 32.1 Å². The molecule has 2 rings (SSSR count). The molecule has 2 aliphatic rings. The van der Waals surface area contributed by atoms with Crippen LogP contribution in [-0.2, 0) is 4.79 Å². The van der Waals surface area contributed by atoms with Crippen LogP contribution in [0.1, 0.15) is 57.8 Å². The Morgan fingerprint density at radius 1 is 1.07 bits per heavy atom. The maximum Gasteiger partial charge on any atom is 0.133 e. The number of carbonyl (C=O) groups excluding carboxylic acids is 1. The van der Waals surface area contributed by atoms with Crippen molar-refractivity contribution in [1.29, 1.82) is 0 Å². The smallest absolute Gasteiger partial charge is 0.133 e. The molecule has 0 aromatic carbocycles. The third-order valence-electron chi connectivity index (χ3n) is 4.04. The number of hydrogen-bond acceptors (Lipinski definition) is 2. The van der Waals surface area contributed by atoms with Crippen LogP contribution in [0.5, 0.6) is 0 Å². The predicted octanol–water partition coefficient (Wildman–Crippen LogP) is 2.44. The average molecular weight is 196 g/mol. The van der Waals surface area contributed by atoms with Crippen molar-refractivity contribution in [3.05, 3.63) is 0 Å². The summed E-state index contributed by atoms with van der Waals surface area (Å²) in [5.41, 5.74) is -0.492. The Bertz CT molecular complexity index is 206. The topological polar surface area (TPSA) is 37.3 Å². The van der Waals surface area contributed by atoms with E-state index in [1.54, 1.807) is 0 Å². The molecule has 0 aromatic rings. The maximum absolute atomic E-state index is 11.1. The number of ketones is 1. The molecule has 0 heterocycles. The van der Waals surface area contributed by atoms with Crippen LogP contribution >= 0.6 is 0 Å². The van der Waals surface area contributed by atoms with Gasteiger partial charge in [0.1, 0.15) is 5.78 Å². The second-order valence-corrected chi connectivity index (χ2v) is 4.98. The molecule has 0 unspecified atom stereocenters. The van der Waals surface area contributed by atoms with Crippen LogP contribution in [0.3, 0.4) is 0 Å². The number of Topliss-reactive ketones (excluding diaryl/α,β-unsaturated/α-hetero) is 1. The zero-order valence-corrected chi connectivity index (χ0v) is 8.80. The molecule has 2 nitrogen and oxygen atoms in total. The van der Waals surface area contributed by atoms with E-state index in [1.807, 2.05) is 0 Å². The van der Waals surface area contributed by atoms with Gasteiger partial charge in [0.25, 0.3) is 0 Å². The van der Waals surface area contributed by atoms with Crippen LogP contribution in [0, 0.1) is 5.92 Å². The first-order valence-electron chi connectivity index (χ1n) is 5.95. The van der Waals surface area contributed by atoms with E-state index in [9.17, 15) is 9.90 Å². The van der Waals surface area contributed by atoms with Gasteiger partial charge in [-0.25, -0.2) is 0 Å². The van der Waals surface area contributed by atoms with Crippen molar-refractivity contribution in [2.45, 2.75) is 63.4 Å². The van der Waals surface area contributed by atoms with Crippen molar-refractivity contribution in [2.24, 2.45) is 5.92 Å². The highest BCUT2D eigenvalue weighted by molar-refractivity contribution is 5.79. The summed E-state index contributed by atoms with van der Waals surface area (Å²) in [5.74, 6) is 0.815. The summed E-state index contributed by atoms with van der Waals surface area (Å²) in [6.45, 7) is 0. The maximum atomic E-state index is 11.1. The van der Waals surface area contributed by atoms with Gasteiger partial charge in [-0.2, -0.15) is 0 Å². The monoisotopic (exact) mass is 196 g/mol. The number of carbonyl (C=O) groups is 1. The van der Waals surface area contributed by atoms with Crippen molar-refractivity contribution in [2.75, 3.05) is 0 Å². The van der Waals surface area contributed by atoms with Crippen molar-refractivity contribution in [1.82, 2.24) is 0 Å². The summed E-state index contributed by atoms with van der Waals surface area (Å²) in [6, 6.07) is 0. The largest absolute Gasteiger partial charge is 0.390 e. The highest BCUT2D eigenvalue weighted by atomic mass is 16.3. The van der Waals surface area contributed by atoms with Crippen molar-refractivity contribution in [3.63, 3.8) is 0 Å². The Morgan fingerprint density at radius 3 is 2.21 bits per heavy atom. The first-order valence-corrected chi connectivity index (χ1v) is 5.95. The molecule has 2 aliphatic carbocycles. The van der Waals surface area contributed by atoms with E-state index in [-0.39, 0.29) is 0 Å². The Kier molecular flexibility index (Phi) is 2.91. The molecule has 0 bridgehead atoms. The second-order valence-electron chi connectivity index (χ2n) is 4.98. The van der Waals surface area contributed by atoms with E-state index in [0.717, 1.165) is 12.8 Å². The fourth-order valence-electron chi connectivity index (χ4n) is 3.01. The molecule has 0 aromatic heterocycles.